The molecule has 24 heavy (non-hydrogen) atoms. The maximum absolute atomic E-state index is 12.9. The Bertz CT molecular complexity index is 866. The molecule has 0 aliphatic rings. The van der Waals surface area contributed by atoms with E-state index in [0.717, 1.165) is 5.56 Å². The standard InChI is InChI=1S/C18H15FN2O3/c1-2-23-18(22)13-7-16-17(20-9-13)8-15(10-21-16)24-11-12-3-5-14(19)6-4-12/h3-10H,2,11H2,1H3. The van der Waals surface area contributed by atoms with Crippen molar-refractivity contribution in [2.24, 2.45) is 0 Å². The number of carbonyl (C=O) groups excluding carboxylic acids is 1. The molecule has 0 saturated heterocycles. The van der Waals surface area contributed by atoms with Crippen LogP contribution in [-0.2, 0) is 11.3 Å². The van der Waals surface area contributed by atoms with E-state index in [1.807, 2.05) is 0 Å². The molecule has 0 aliphatic carbocycles. The Morgan fingerprint density at radius 1 is 1.08 bits per heavy atom. The zero-order chi connectivity index (χ0) is 16.9. The quantitative estimate of drug-likeness (QED) is 0.671. The molecule has 2 heterocycles. The average Bonchev–Trinajstić information content (AvgIpc) is 2.61. The molecule has 0 N–H and O–H groups in total. The summed E-state index contributed by atoms with van der Waals surface area (Å²) in [6.45, 7) is 2.35. The minimum atomic E-state index is -0.426. The minimum Gasteiger partial charge on any atom is -0.487 e. The third-order valence-electron chi connectivity index (χ3n) is 3.34. The summed E-state index contributed by atoms with van der Waals surface area (Å²) in [6, 6.07) is 9.46. The molecule has 6 heteroatoms. The van der Waals surface area contributed by atoms with Gasteiger partial charge in [0.15, 0.2) is 0 Å². The van der Waals surface area contributed by atoms with E-state index in [-0.39, 0.29) is 5.82 Å². The molecule has 1 aromatic carbocycles. The van der Waals surface area contributed by atoms with E-state index in [1.165, 1.54) is 18.3 Å². The van der Waals surface area contributed by atoms with Gasteiger partial charge in [0.25, 0.3) is 0 Å². The van der Waals surface area contributed by atoms with Crippen LogP contribution in [0.2, 0.25) is 0 Å². The summed E-state index contributed by atoms with van der Waals surface area (Å²) in [6.07, 6.45) is 3.01. The molecule has 0 aliphatic heterocycles. The van der Waals surface area contributed by atoms with Gasteiger partial charge in [-0.3, -0.25) is 9.97 Å². The Labute approximate surface area is 138 Å². The van der Waals surface area contributed by atoms with Crippen LogP contribution in [0.5, 0.6) is 5.75 Å². The van der Waals surface area contributed by atoms with Crippen LogP contribution in [0.25, 0.3) is 11.0 Å². The number of rotatable bonds is 5. The minimum absolute atomic E-state index is 0.285. The number of hydrogen-bond acceptors (Lipinski definition) is 5. The molecule has 0 amide bonds. The second-order valence-corrected chi connectivity index (χ2v) is 5.07. The van der Waals surface area contributed by atoms with Crippen molar-refractivity contribution in [3.05, 3.63) is 65.7 Å². The van der Waals surface area contributed by atoms with Crippen LogP contribution in [0, 0.1) is 5.82 Å². The SMILES string of the molecule is CCOC(=O)c1cnc2cc(OCc3ccc(F)cc3)cnc2c1. The average molecular weight is 326 g/mol. The van der Waals surface area contributed by atoms with Gasteiger partial charge in [0, 0.05) is 12.3 Å². The van der Waals surface area contributed by atoms with Crippen LogP contribution < -0.4 is 4.74 Å². The van der Waals surface area contributed by atoms with Gasteiger partial charge < -0.3 is 9.47 Å². The van der Waals surface area contributed by atoms with Gasteiger partial charge >= 0.3 is 5.97 Å². The number of halogens is 1. The van der Waals surface area contributed by atoms with Gasteiger partial charge in [-0.2, -0.15) is 0 Å². The molecule has 0 unspecified atom stereocenters. The van der Waals surface area contributed by atoms with E-state index < -0.39 is 5.97 Å². The summed E-state index contributed by atoms with van der Waals surface area (Å²) in [4.78, 5) is 20.2. The first-order valence-corrected chi connectivity index (χ1v) is 7.46. The number of hydrogen-bond donors (Lipinski definition) is 0. The predicted molar refractivity (Wildman–Crippen MR) is 86.2 cm³/mol. The maximum Gasteiger partial charge on any atom is 0.339 e. The number of nitrogens with zero attached hydrogens (tertiary/aromatic N) is 2. The van der Waals surface area contributed by atoms with Crippen molar-refractivity contribution in [2.75, 3.05) is 6.61 Å². The highest BCUT2D eigenvalue weighted by Gasteiger charge is 2.09. The monoisotopic (exact) mass is 326 g/mol. The largest absolute Gasteiger partial charge is 0.487 e. The normalized spacial score (nSPS) is 10.6. The molecular weight excluding hydrogens is 311 g/mol. The summed E-state index contributed by atoms with van der Waals surface area (Å²) in [5, 5.41) is 0. The molecular formula is C18H15FN2O3. The molecule has 2 aromatic heterocycles. The smallest absolute Gasteiger partial charge is 0.339 e. The maximum atomic E-state index is 12.9. The number of carbonyl (C=O) groups is 1. The van der Waals surface area contributed by atoms with Crippen LogP contribution >= 0.6 is 0 Å². The lowest BCUT2D eigenvalue weighted by Crippen LogP contribution is -2.05. The van der Waals surface area contributed by atoms with Crippen molar-refractivity contribution in [3.63, 3.8) is 0 Å². The predicted octanol–water partition coefficient (Wildman–Crippen LogP) is 3.52. The number of pyridine rings is 2. The van der Waals surface area contributed by atoms with E-state index in [0.29, 0.717) is 35.6 Å². The Balaban J connectivity index is 1.75. The summed E-state index contributed by atoms with van der Waals surface area (Å²) in [5.74, 6) is -0.165. The molecule has 5 nitrogen and oxygen atoms in total. The molecule has 0 atom stereocenters. The van der Waals surface area contributed by atoms with Crippen molar-refractivity contribution in [1.29, 1.82) is 0 Å². The lowest BCUT2D eigenvalue weighted by molar-refractivity contribution is 0.0526. The first-order valence-electron chi connectivity index (χ1n) is 7.46. The van der Waals surface area contributed by atoms with Gasteiger partial charge in [-0.05, 0) is 30.7 Å². The van der Waals surface area contributed by atoms with Gasteiger partial charge in [-0.1, -0.05) is 12.1 Å². The van der Waals surface area contributed by atoms with Crippen molar-refractivity contribution >= 4 is 17.0 Å². The number of benzene rings is 1. The zero-order valence-corrected chi connectivity index (χ0v) is 13.0. The highest BCUT2D eigenvalue weighted by molar-refractivity contribution is 5.92. The van der Waals surface area contributed by atoms with Crippen molar-refractivity contribution in [2.45, 2.75) is 13.5 Å². The van der Waals surface area contributed by atoms with E-state index in [4.69, 9.17) is 9.47 Å². The summed E-state index contributed by atoms with van der Waals surface area (Å²) in [5.41, 5.74) is 2.40. The van der Waals surface area contributed by atoms with Gasteiger partial charge in [0.1, 0.15) is 18.2 Å². The molecule has 3 aromatic rings. The molecule has 0 saturated carbocycles. The van der Waals surface area contributed by atoms with Crippen LogP contribution in [0.1, 0.15) is 22.8 Å². The summed E-state index contributed by atoms with van der Waals surface area (Å²) in [7, 11) is 0. The van der Waals surface area contributed by atoms with Gasteiger partial charge in [0.2, 0.25) is 0 Å². The fourth-order valence-electron chi connectivity index (χ4n) is 2.14. The second-order valence-electron chi connectivity index (χ2n) is 5.07. The highest BCUT2D eigenvalue weighted by Crippen LogP contribution is 2.19. The number of esters is 1. The highest BCUT2D eigenvalue weighted by atomic mass is 19.1. The van der Waals surface area contributed by atoms with Gasteiger partial charge in [0.05, 0.1) is 29.4 Å². The molecule has 122 valence electrons. The first kappa shape index (κ1) is 15.9. The fraction of sp³-hybridized carbons (Fsp3) is 0.167. The van der Waals surface area contributed by atoms with E-state index >= 15 is 0 Å². The second kappa shape index (κ2) is 7.04. The molecule has 0 fully saturated rings. The number of aromatic nitrogens is 2. The Hall–Kier alpha value is -3.02. The van der Waals surface area contributed by atoms with Gasteiger partial charge in [-0.25, -0.2) is 9.18 Å². The topological polar surface area (TPSA) is 61.3 Å². The third-order valence-corrected chi connectivity index (χ3v) is 3.34. The van der Waals surface area contributed by atoms with E-state index in [2.05, 4.69) is 9.97 Å². The van der Waals surface area contributed by atoms with Crippen molar-refractivity contribution < 1.29 is 18.7 Å². The van der Waals surface area contributed by atoms with Crippen LogP contribution in [0.4, 0.5) is 4.39 Å². The number of fused-ring (bicyclic) bond motifs is 1. The lowest BCUT2D eigenvalue weighted by atomic mass is 10.2. The molecule has 3 rings (SSSR count). The fourth-order valence-corrected chi connectivity index (χ4v) is 2.14. The van der Waals surface area contributed by atoms with Gasteiger partial charge in [-0.15, -0.1) is 0 Å². The Morgan fingerprint density at radius 3 is 2.54 bits per heavy atom. The molecule has 0 spiro atoms. The Morgan fingerprint density at radius 2 is 1.79 bits per heavy atom. The van der Waals surface area contributed by atoms with Crippen molar-refractivity contribution in [3.8, 4) is 5.75 Å². The van der Waals surface area contributed by atoms with Crippen LogP contribution in [0.15, 0.2) is 48.8 Å². The van der Waals surface area contributed by atoms with Crippen molar-refractivity contribution in [1.82, 2.24) is 9.97 Å². The van der Waals surface area contributed by atoms with Crippen LogP contribution in [-0.4, -0.2) is 22.5 Å². The lowest BCUT2D eigenvalue weighted by Gasteiger charge is -2.07. The Kier molecular flexibility index (Phi) is 4.65. The zero-order valence-electron chi connectivity index (χ0n) is 13.0. The van der Waals surface area contributed by atoms with E-state index in [1.54, 1.807) is 37.4 Å². The molecule has 0 bridgehead atoms. The first-order chi connectivity index (χ1) is 11.7. The molecule has 0 radical (unpaired) electrons. The summed E-state index contributed by atoms with van der Waals surface area (Å²) >= 11 is 0. The van der Waals surface area contributed by atoms with E-state index in [9.17, 15) is 9.18 Å². The third kappa shape index (κ3) is 3.65. The summed E-state index contributed by atoms with van der Waals surface area (Å²) < 4.78 is 23.4. The van der Waals surface area contributed by atoms with Crippen LogP contribution in [0.3, 0.4) is 0 Å². The number of ether oxygens (including phenoxy) is 2.